The molecule has 0 fully saturated rings. The van der Waals surface area contributed by atoms with Gasteiger partial charge < -0.3 is 4.74 Å². The Balaban J connectivity index is 2.94. The van der Waals surface area contributed by atoms with Gasteiger partial charge in [0, 0.05) is 6.26 Å². The zero-order valence-corrected chi connectivity index (χ0v) is 13.3. The van der Waals surface area contributed by atoms with Gasteiger partial charge in [-0.1, -0.05) is 30.3 Å². The van der Waals surface area contributed by atoms with Gasteiger partial charge in [-0.2, -0.15) is 4.72 Å². The molecule has 0 aliphatic heterocycles. The van der Waals surface area contributed by atoms with Gasteiger partial charge in [0.15, 0.2) is 0 Å². The summed E-state index contributed by atoms with van der Waals surface area (Å²) in [5.74, 6) is -1.92. The number of esters is 1. The van der Waals surface area contributed by atoms with Crippen LogP contribution in [-0.2, 0) is 29.4 Å². The summed E-state index contributed by atoms with van der Waals surface area (Å²) in [5, 5.41) is 0. The summed E-state index contributed by atoms with van der Waals surface area (Å²) in [7, 11) is -6.22. The average molecular weight is 335 g/mol. The summed E-state index contributed by atoms with van der Waals surface area (Å²) in [6.45, 7) is 0. The van der Waals surface area contributed by atoms with Crippen LogP contribution in [0.4, 0.5) is 0 Å². The maximum absolute atomic E-state index is 11.9. The first-order valence-corrected chi connectivity index (χ1v) is 9.66. The molecule has 0 aliphatic carbocycles. The van der Waals surface area contributed by atoms with Crippen LogP contribution in [-0.4, -0.2) is 47.7 Å². The van der Waals surface area contributed by atoms with E-state index in [9.17, 15) is 21.6 Å². The van der Waals surface area contributed by atoms with E-state index in [1.807, 2.05) is 0 Å². The van der Waals surface area contributed by atoms with Gasteiger partial charge >= 0.3 is 5.97 Å². The number of sulfone groups is 1. The number of rotatable bonds is 7. The van der Waals surface area contributed by atoms with Crippen LogP contribution in [0.1, 0.15) is 11.6 Å². The lowest BCUT2D eigenvalue weighted by molar-refractivity contribution is -0.142. The van der Waals surface area contributed by atoms with E-state index >= 15 is 0 Å². The van der Waals surface area contributed by atoms with E-state index in [0.717, 1.165) is 13.4 Å². The quantitative estimate of drug-likeness (QED) is 0.695. The van der Waals surface area contributed by atoms with Crippen LogP contribution in [0.3, 0.4) is 0 Å². The van der Waals surface area contributed by atoms with Crippen molar-refractivity contribution in [2.45, 2.75) is 6.04 Å². The van der Waals surface area contributed by atoms with E-state index in [4.69, 9.17) is 0 Å². The number of methoxy groups -OCH3 is 1. The molecule has 0 saturated heterocycles. The van der Waals surface area contributed by atoms with Crippen molar-refractivity contribution in [3.8, 4) is 0 Å². The number of ether oxygens (including phenoxy) is 1. The number of nitrogens with one attached hydrogen (secondary N) is 1. The monoisotopic (exact) mass is 335 g/mol. The zero-order chi connectivity index (χ0) is 16.1. The molecule has 0 radical (unpaired) electrons. The van der Waals surface area contributed by atoms with Crippen molar-refractivity contribution >= 4 is 25.8 Å². The molecular weight excluding hydrogens is 318 g/mol. The van der Waals surface area contributed by atoms with Crippen molar-refractivity contribution in [1.82, 2.24) is 4.72 Å². The van der Waals surface area contributed by atoms with Crippen LogP contribution in [0.5, 0.6) is 0 Å². The standard InChI is InChI=1S/C12H17NO6S2/c1-19-12(14)11(10-6-4-3-5-7-10)13-21(17,18)9-8-20(2,15)16/h3-7,11,13H,8-9H2,1-2H3. The highest BCUT2D eigenvalue weighted by atomic mass is 32.2. The van der Waals surface area contributed by atoms with Crippen molar-refractivity contribution < 1.29 is 26.4 Å². The van der Waals surface area contributed by atoms with Crippen LogP contribution < -0.4 is 4.72 Å². The van der Waals surface area contributed by atoms with Crippen molar-refractivity contribution in [2.24, 2.45) is 0 Å². The van der Waals surface area contributed by atoms with Gasteiger partial charge in [-0.15, -0.1) is 0 Å². The van der Waals surface area contributed by atoms with E-state index in [2.05, 4.69) is 9.46 Å². The second kappa shape index (κ2) is 7.01. The Bertz CT molecular complexity index is 682. The van der Waals surface area contributed by atoms with Crippen LogP contribution in [0, 0.1) is 0 Å². The highest BCUT2D eigenvalue weighted by Gasteiger charge is 2.27. The van der Waals surface area contributed by atoms with E-state index in [1.54, 1.807) is 30.3 Å². The second-order valence-electron chi connectivity index (χ2n) is 4.43. The Kier molecular flexibility index (Phi) is 5.87. The van der Waals surface area contributed by atoms with Gasteiger partial charge in [-0.25, -0.2) is 21.6 Å². The zero-order valence-electron chi connectivity index (χ0n) is 11.6. The summed E-state index contributed by atoms with van der Waals surface area (Å²) in [5.41, 5.74) is 0.410. The maximum atomic E-state index is 11.9. The minimum atomic E-state index is -3.95. The Morgan fingerprint density at radius 3 is 2.19 bits per heavy atom. The first kappa shape index (κ1) is 17.6. The van der Waals surface area contributed by atoms with Gasteiger partial charge in [0.2, 0.25) is 10.0 Å². The van der Waals surface area contributed by atoms with E-state index in [-0.39, 0.29) is 0 Å². The third-order valence-corrected chi connectivity index (χ3v) is 5.13. The smallest absolute Gasteiger partial charge is 0.328 e. The molecule has 1 aromatic carbocycles. The van der Waals surface area contributed by atoms with E-state index in [1.165, 1.54) is 0 Å². The fourth-order valence-electron chi connectivity index (χ4n) is 1.52. The van der Waals surface area contributed by atoms with E-state index in [0.29, 0.717) is 5.56 Å². The first-order valence-electron chi connectivity index (χ1n) is 5.95. The molecule has 1 unspecified atom stereocenters. The lowest BCUT2D eigenvalue weighted by Gasteiger charge is -2.16. The summed E-state index contributed by atoms with van der Waals surface area (Å²) in [4.78, 5) is 11.7. The van der Waals surface area contributed by atoms with Gasteiger partial charge in [-0.05, 0) is 5.56 Å². The minimum Gasteiger partial charge on any atom is -0.468 e. The van der Waals surface area contributed by atoms with Gasteiger partial charge in [0.25, 0.3) is 0 Å². The molecule has 0 bridgehead atoms. The number of hydrogen-bond acceptors (Lipinski definition) is 6. The Labute approximate surface area is 124 Å². The second-order valence-corrected chi connectivity index (χ2v) is 8.57. The normalized spacial score (nSPS) is 13.6. The Morgan fingerprint density at radius 2 is 1.71 bits per heavy atom. The molecule has 1 N–H and O–H groups in total. The molecule has 1 aromatic rings. The molecule has 0 amide bonds. The number of carbonyl (C=O) groups excluding carboxylic acids is 1. The maximum Gasteiger partial charge on any atom is 0.328 e. The van der Waals surface area contributed by atoms with E-state index < -0.39 is 43.4 Å². The fraction of sp³-hybridized carbons (Fsp3) is 0.417. The predicted octanol–water partition coefficient (Wildman–Crippen LogP) is -0.135. The number of benzene rings is 1. The largest absolute Gasteiger partial charge is 0.468 e. The molecule has 9 heteroatoms. The topological polar surface area (TPSA) is 107 Å². The van der Waals surface area contributed by atoms with Crippen LogP contribution in [0.25, 0.3) is 0 Å². The van der Waals surface area contributed by atoms with Gasteiger partial charge in [0.05, 0.1) is 18.6 Å². The highest BCUT2D eigenvalue weighted by Crippen LogP contribution is 2.15. The minimum absolute atomic E-state index is 0.410. The van der Waals surface area contributed by atoms with Crippen molar-refractivity contribution in [1.29, 1.82) is 0 Å². The molecule has 1 rings (SSSR count). The Hall–Kier alpha value is -1.45. The average Bonchev–Trinajstić information content (AvgIpc) is 2.42. The van der Waals surface area contributed by atoms with Gasteiger partial charge in [-0.3, -0.25) is 0 Å². The molecule has 0 saturated carbocycles. The third kappa shape index (κ3) is 6.23. The molecule has 118 valence electrons. The molecule has 0 spiro atoms. The van der Waals surface area contributed by atoms with Crippen molar-refractivity contribution in [2.75, 3.05) is 24.9 Å². The summed E-state index contributed by atoms with van der Waals surface area (Å²) in [6.07, 6.45) is 0.942. The van der Waals surface area contributed by atoms with Crippen LogP contribution in [0.2, 0.25) is 0 Å². The van der Waals surface area contributed by atoms with Crippen LogP contribution in [0.15, 0.2) is 30.3 Å². The lowest BCUT2D eigenvalue weighted by Crippen LogP contribution is -2.37. The fourth-order valence-corrected chi connectivity index (χ4v) is 4.31. The Morgan fingerprint density at radius 1 is 1.14 bits per heavy atom. The summed E-state index contributed by atoms with van der Waals surface area (Å²) in [6, 6.07) is 6.95. The predicted molar refractivity (Wildman–Crippen MR) is 77.8 cm³/mol. The molecular formula is C12H17NO6S2. The molecule has 21 heavy (non-hydrogen) atoms. The number of carbonyl (C=O) groups is 1. The molecule has 1 atom stereocenters. The number of sulfonamides is 1. The SMILES string of the molecule is COC(=O)C(NS(=O)(=O)CCS(C)(=O)=O)c1ccccc1. The third-order valence-electron chi connectivity index (χ3n) is 2.59. The van der Waals surface area contributed by atoms with Crippen molar-refractivity contribution in [3.05, 3.63) is 35.9 Å². The highest BCUT2D eigenvalue weighted by molar-refractivity contribution is 7.93. The van der Waals surface area contributed by atoms with Gasteiger partial charge in [0.1, 0.15) is 15.9 Å². The summed E-state index contributed by atoms with van der Waals surface area (Å²) < 4.78 is 52.6. The first-order chi connectivity index (χ1) is 9.64. The van der Waals surface area contributed by atoms with Crippen LogP contribution >= 0.6 is 0 Å². The molecule has 0 heterocycles. The molecule has 0 aliphatic rings. The lowest BCUT2D eigenvalue weighted by atomic mass is 10.1. The molecule has 0 aromatic heterocycles. The molecule has 7 nitrogen and oxygen atoms in total. The van der Waals surface area contributed by atoms with Crippen molar-refractivity contribution in [3.63, 3.8) is 0 Å². The summed E-state index contributed by atoms with van der Waals surface area (Å²) >= 11 is 0. The number of hydrogen-bond donors (Lipinski definition) is 1.